The minimum absolute atomic E-state index is 0.944. The Morgan fingerprint density at radius 3 is 1.88 bits per heavy atom. The van der Waals surface area contributed by atoms with Crippen LogP contribution in [0.2, 0.25) is 0 Å². The fourth-order valence-corrected chi connectivity index (χ4v) is 2.54. The molecule has 0 spiro atoms. The van der Waals surface area contributed by atoms with E-state index >= 15 is 0 Å². The van der Waals surface area contributed by atoms with Crippen molar-refractivity contribution in [3.8, 4) is 0 Å². The first-order valence-corrected chi connectivity index (χ1v) is 9.35. The summed E-state index contributed by atoms with van der Waals surface area (Å²) in [5, 5.41) is 1.37. The van der Waals surface area contributed by atoms with Crippen LogP contribution in [-0.4, -0.2) is 4.57 Å². The van der Waals surface area contributed by atoms with E-state index in [4.69, 9.17) is 0 Å². The molecule has 1 nitrogen and oxygen atoms in total. The maximum atomic E-state index is 2.39. The van der Waals surface area contributed by atoms with Gasteiger partial charge in [0.25, 0.3) is 0 Å². The van der Waals surface area contributed by atoms with Gasteiger partial charge in [0.15, 0.2) is 0 Å². The smallest absolute Gasteiger partial charge is 0.0488 e. The fourth-order valence-electron chi connectivity index (χ4n) is 2.54. The number of hydrogen-bond acceptors (Lipinski definition) is 0. The van der Waals surface area contributed by atoms with Crippen LogP contribution in [0.4, 0.5) is 0 Å². The predicted octanol–water partition coefficient (Wildman–Crippen LogP) is 7.39. The second-order valence-corrected chi connectivity index (χ2v) is 4.87. The van der Waals surface area contributed by atoms with Crippen LogP contribution in [0.5, 0.6) is 0 Å². The Hall–Kier alpha value is -2.02. The lowest BCUT2D eigenvalue weighted by atomic mass is 10.1. The van der Waals surface area contributed by atoms with Crippen LogP contribution >= 0.6 is 0 Å². The van der Waals surface area contributed by atoms with Crippen molar-refractivity contribution in [3.63, 3.8) is 0 Å². The summed E-state index contributed by atoms with van der Waals surface area (Å²) >= 11 is 0. The van der Waals surface area contributed by atoms with E-state index in [0.29, 0.717) is 0 Å². The molecule has 1 aromatic heterocycles. The molecule has 3 rings (SSSR count). The second-order valence-electron chi connectivity index (χ2n) is 4.87. The Balaban J connectivity index is 0.000000798. The van der Waals surface area contributed by atoms with Gasteiger partial charge < -0.3 is 4.57 Å². The van der Waals surface area contributed by atoms with Crippen molar-refractivity contribution in [2.45, 2.75) is 61.9 Å². The molecular weight excluding hydrogens is 290 g/mol. The predicted molar refractivity (Wildman–Crippen MR) is 111 cm³/mol. The molecule has 0 amide bonds. The van der Waals surface area contributed by atoms with Crippen molar-refractivity contribution in [1.29, 1.82) is 0 Å². The van der Waals surface area contributed by atoms with Crippen molar-refractivity contribution in [2.75, 3.05) is 0 Å². The summed E-state index contributed by atoms with van der Waals surface area (Å²) in [6.07, 6.45) is 0. The van der Waals surface area contributed by atoms with Gasteiger partial charge in [-0.15, -0.1) is 0 Å². The highest BCUT2D eigenvalue weighted by molar-refractivity contribution is 5.84. The van der Waals surface area contributed by atoms with E-state index in [1.54, 1.807) is 0 Å². The van der Waals surface area contributed by atoms with Crippen molar-refractivity contribution >= 4 is 10.9 Å². The van der Waals surface area contributed by atoms with Crippen LogP contribution in [0.3, 0.4) is 0 Å². The lowest BCUT2D eigenvalue weighted by molar-refractivity contribution is 0.805. The highest BCUT2D eigenvalue weighted by Gasteiger charge is 2.07. The zero-order chi connectivity index (χ0) is 18.5. The van der Waals surface area contributed by atoms with Crippen LogP contribution in [0.15, 0.2) is 54.6 Å². The Morgan fingerprint density at radius 1 is 0.708 bits per heavy atom. The molecule has 1 heterocycles. The van der Waals surface area contributed by atoms with Crippen molar-refractivity contribution < 1.29 is 0 Å². The highest BCUT2D eigenvalue weighted by atomic mass is 15.0. The number of fused-ring (bicyclic) bond motifs is 1. The molecule has 3 aromatic rings. The molecule has 0 radical (unpaired) electrons. The van der Waals surface area contributed by atoms with Gasteiger partial charge in [0.1, 0.15) is 0 Å². The molecule has 0 aliphatic rings. The lowest BCUT2D eigenvalue weighted by Gasteiger charge is -2.08. The van der Waals surface area contributed by atoms with Crippen molar-refractivity contribution in [1.82, 2.24) is 4.57 Å². The average molecular weight is 326 g/mol. The Bertz CT molecular complexity index is 678. The molecule has 2 aromatic carbocycles. The third-order valence-corrected chi connectivity index (χ3v) is 3.55. The second kappa shape index (κ2) is 12.4. The van der Waals surface area contributed by atoms with E-state index in [9.17, 15) is 0 Å². The first-order valence-electron chi connectivity index (χ1n) is 9.35. The molecule has 0 aliphatic heterocycles. The maximum Gasteiger partial charge on any atom is 0.0488 e. The van der Waals surface area contributed by atoms with E-state index in [1.165, 1.54) is 27.7 Å². The minimum Gasteiger partial charge on any atom is -0.340 e. The molecule has 0 saturated heterocycles. The Labute approximate surface area is 149 Å². The molecule has 0 unspecified atom stereocenters. The molecule has 0 aliphatic carbocycles. The monoisotopic (exact) mass is 325 g/mol. The molecule has 0 saturated carbocycles. The molecule has 0 atom stereocenters. The van der Waals surface area contributed by atoms with E-state index < -0.39 is 0 Å². The van der Waals surface area contributed by atoms with Crippen LogP contribution in [0, 0.1) is 13.8 Å². The van der Waals surface area contributed by atoms with E-state index in [1.807, 2.05) is 41.5 Å². The summed E-state index contributed by atoms with van der Waals surface area (Å²) < 4.78 is 2.39. The highest BCUT2D eigenvalue weighted by Crippen LogP contribution is 2.23. The average Bonchev–Trinajstić information content (AvgIpc) is 2.98. The van der Waals surface area contributed by atoms with E-state index in [0.717, 1.165) is 6.54 Å². The number of benzene rings is 2. The van der Waals surface area contributed by atoms with Gasteiger partial charge in [0.05, 0.1) is 0 Å². The first-order chi connectivity index (χ1) is 11.8. The Kier molecular flexibility index (Phi) is 11.4. The van der Waals surface area contributed by atoms with E-state index in [-0.39, 0.29) is 0 Å². The quantitative estimate of drug-likeness (QED) is 0.463. The molecule has 1 heteroatoms. The standard InChI is InChI=1S/C17H17N.3C2H6/c1-13-7-6-10-17-16(13)11-14(2)18(17)12-15-8-4-3-5-9-15;3*1-2/h3-11H,12H2,1-2H3;3*1-2H3. The summed E-state index contributed by atoms with van der Waals surface area (Å²) in [6, 6.07) is 19.4. The van der Waals surface area contributed by atoms with Crippen molar-refractivity contribution in [2.24, 2.45) is 0 Å². The fraction of sp³-hybridized carbons (Fsp3) is 0.391. The van der Waals surface area contributed by atoms with E-state index in [2.05, 4.69) is 73.0 Å². The van der Waals surface area contributed by atoms with Gasteiger partial charge in [-0.05, 0) is 37.1 Å². The topological polar surface area (TPSA) is 4.93 Å². The van der Waals surface area contributed by atoms with Crippen LogP contribution in [-0.2, 0) is 6.54 Å². The lowest BCUT2D eigenvalue weighted by Crippen LogP contribution is -2.01. The largest absolute Gasteiger partial charge is 0.340 e. The molecular formula is C23H35N. The number of hydrogen-bond donors (Lipinski definition) is 0. The number of aromatic nitrogens is 1. The van der Waals surface area contributed by atoms with Gasteiger partial charge in [0.2, 0.25) is 0 Å². The molecule has 24 heavy (non-hydrogen) atoms. The SMILES string of the molecule is CC.CC.CC.Cc1cccc2c1cc(C)n2Cc1ccccc1. The van der Waals surface area contributed by atoms with Crippen molar-refractivity contribution in [3.05, 3.63) is 71.4 Å². The van der Waals surface area contributed by atoms with Gasteiger partial charge in [-0.2, -0.15) is 0 Å². The van der Waals surface area contributed by atoms with Gasteiger partial charge in [-0.3, -0.25) is 0 Å². The Morgan fingerprint density at radius 2 is 1.29 bits per heavy atom. The zero-order valence-corrected chi connectivity index (χ0v) is 16.9. The van der Waals surface area contributed by atoms with Crippen LogP contribution < -0.4 is 0 Å². The summed E-state index contributed by atoms with van der Waals surface area (Å²) in [5.74, 6) is 0. The van der Waals surface area contributed by atoms with Crippen LogP contribution in [0.1, 0.15) is 58.4 Å². The van der Waals surface area contributed by atoms with Gasteiger partial charge >= 0.3 is 0 Å². The van der Waals surface area contributed by atoms with Gasteiger partial charge in [0, 0.05) is 23.1 Å². The molecule has 132 valence electrons. The number of nitrogens with zero attached hydrogens (tertiary/aromatic N) is 1. The maximum absolute atomic E-state index is 2.39. The molecule has 0 fully saturated rings. The van der Waals surface area contributed by atoms with Gasteiger partial charge in [-0.1, -0.05) is 84.0 Å². The third-order valence-electron chi connectivity index (χ3n) is 3.55. The zero-order valence-electron chi connectivity index (χ0n) is 16.9. The first kappa shape index (κ1) is 22.0. The minimum atomic E-state index is 0.944. The van der Waals surface area contributed by atoms with Gasteiger partial charge in [-0.25, -0.2) is 0 Å². The normalized spacial score (nSPS) is 9.00. The summed E-state index contributed by atoms with van der Waals surface area (Å²) in [4.78, 5) is 0. The molecule has 0 N–H and O–H groups in total. The number of rotatable bonds is 2. The summed E-state index contributed by atoms with van der Waals surface area (Å²) in [7, 11) is 0. The molecule has 0 bridgehead atoms. The summed E-state index contributed by atoms with van der Waals surface area (Å²) in [6.45, 7) is 17.3. The number of aryl methyl sites for hydroxylation is 2. The third kappa shape index (κ3) is 5.56. The van der Waals surface area contributed by atoms with Crippen LogP contribution in [0.25, 0.3) is 10.9 Å². The summed E-state index contributed by atoms with van der Waals surface area (Å²) in [5.41, 5.74) is 5.35.